The maximum Gasteiger partial charge on any atom is 0.338 e. The number of benzene rings is 2. The molecule has 3 rings (SSSR count). The number of hydrogen-bond donors (Lipinski definition) is 1. The highest BCUT2D eigenvalue weighted by molar-refractivity contribution is 5.94. The number of esters is 1. The van der Waals surface area contributed by atoms with E-state index < -0.39 is 0 Å². The molecule has 0 spiro atoms. The monoisotopic (exact) mass is 309 g/mol. The summed E-state index contributed by atoms with van der Waals surface area (Å²) in [6, 6.07) is 17.9. The minimum atomic E-state index is -0.337. The molecule has 0 bridgehead atoms. The van der Waals surface area contributed by atoms with Crippen molar-refractivity contribution in [1.82, 2.24) is 5.32 Å². The number of carbonyl (C=O) groups is 2. The molecule has 4 heteroatoms. The van der Waals surface area contributed by atoms with E-state index in [1.807, 2.05) is 24.3 Å². The average Bonchev–Trinajstić information content (AvgIpc) is 3.03. The SMILES string of the molecule is O=C(N[C@H]1CCC[C@H]1OC(=O)c1ccccc1)c1ccccc1. The van der Waals surface area contributed by atoms with E-state index in [0.717, 1.165) is 19.3 Å². The Morgan fingerprint density at radius 2 is 1.48 bits per heavy atom. The minimum absolute atomic E-state index is 0.127. The molecule has 118 valence electrons. The van der Waals surface area contributed by atoms with Crippen LogP contribution in [-0.4, -0.2) is 24.0 Å². The summed E-state index contributed by atoms with van der Waals surface area (Å²) in [5.41, 5.74) is 1.15. The minimum Gasteiger partial charge on any atom is -0.457 e. The zero-order valence-corrected chi connectivity index (χ0v) is 12.8. The van der Waals surface area contributed by atoms with Gasteiger partial charge in [-0.05, 0) is 43.5 Å². The lowest BCUT2D eigenvalue weighted by atomic mass is 10.1. The lowest BCUT2D eigenvalue weighted by Crippen LogP contribution is -2.41. The van der Waals surface area contributed by atoms with Crippen molar-refractivity contribution in [2.24, 2.45) is 0 Å². The second kappa shape index (κ2) is 7.09. The molecule has 0 unspecified atom stereocenters. The quantitative estimate of drug-likeness (QED) is 0.882. The zero-order valence-electron chi connectivity index (χ0n) is 12.8. The maximum atomic E-state index is 12.3. The molecular formula is C19H19NO3. The first kappa shape index (κ1) is 15.3. The molecule has 1 amide bonds. The Hall–Kier alpha value is -2.62. The number of ether oxygens (including phenoxy) is 1. The molecule has 0 heterocycles. The van der Waals surface area contributed by atoms with Crippen LogP contribution in [0.2, 0.25) is 0 Å². The molecule has 0 radical (unpaired) electrons. The highest BCUT2D eigenvalue weighted by atomic mass is 16.5. The van der Waals surface area contributed by atoms with E-state index in [1.54, 1.807) is 36.4 Å². The molecule has 1 saturated carbocycles. The first-order chi connectivity index (χ1) is 11.2. The molecule has 1 fully saturated rings. The molecule has 2 aromatic carbocycles. The van der Waals surface area contributed by atoms with Crippen molar-refractivity contribution >= 4 is 11.9 Å². The molecule has 1 N–H and O–H groups in total. The van der Waals surface area contributed by atoms with E-state index in [-0.39, 0.29) is 24.0 Å². The molecule has 23 heavy (non-hydrogen) atoms. The van der Waals surface area contributed by atoms with Crippen LogP contribution in [0.4, 0.5) is 0 Å². The molecular weight excluding hydrogens is 290 g/mol. The van der Waals surface area contributed by atoms with Gasteiger partial charge in [0.2, 0.25) is 0 Å². The van der Waals surface area contributed by atoms with E-state index in [2.05, 4.69) is 5.32 Å². The summed E-state index contributed by atoms with van der Waals surface area (Å²) in [4.78, 5) is 24.4. The van der Waals surface area contributed by atoms with E-state index >= 15 is 0 Å². The predicted molar refractivity (Wildman–Crippen MR) is 87.2 cm³/mol. The van der Waals surface area contributed by atoms with Gasteiger partial charge < -0.3 is 10.1 Å². The Labute approximate surface area is 135 Å². The third-order valence-corrected chi connectivity index (χ3v) is 4.07. The summed E-state index contributed by atoms with van der Waals surface area (Å²) < 4.78 is 5.59. The summed E-state index contributed by atoms with van der Waals surface area (Å²) in [6.07, 6.45) is 2.27. The van der Waals surface area contributed by atoms with Crippen LogP contribution in [0.3, 0.4) is 0 Å². The van der Waals surface area contributed by atoms with Crippen molar-refractivity contribution in [3.63, 3.8) is 0 Å². The second-order valence-electron chi connectivity index (χ2n) is 5.69. The first-order valence-corrected chi connectivity index (χ1v) is 7.86. The molecule has 0 aromatic heterocycles. The van der Waals surface area contributed by atoms with Crippen LogP contribution < -0.4 is 5.32 Å². The normalized spacial score (nSPS) is 20.0. The van der Waals surface area contributed by atoms with Gasteiger partial charge in [-0.2, -0.15) is 0 Å². The Morgan fingerprint density at radius 1 is 0.870 bits per heavy atom. The van der Waals surface area contributed by atoms with Gasteiger partial charge in [-0.3, -0.25) is 4.79 Å². The third kappa shape index (κ3) is 3.77. The van der Waals surface area contributed by atoms with Gasteiger partial charge in [-0.15, -0.1) is 0 Å². The average molecular weight is 309 g/mol. The molecule has 1 aliphatic carbocycles. The summed E-state index contributed by atoms with van der Waals surface area (Å²) in [6.45, 7) is 0. The van der Waals surface area contributed by atoms with Crippen LogP contribution in [0.5, 0.6) is 0 Å². The Morgan fingerprint density at radius 3 is 2.13 bits per heavy atom. The zero-order chi connectivity index (χ0) is 16.1. The van der Waals surface area contributed by atoms with Crippen LogP contribution in [0, 0.1) is 0 Å². The highest BCUT2D eigenvalue weighted by Crippen LogP contribution is 2.23. The van der Waals surface area contributed by atoms with Crippen molar-refractivity contribution in [3.05, 3.63) is 71.8 Å². The van der Waals surface area contributed by atoms with Gasteiger partial charge in [0.15, 0.2) is 0 Å². The molecule has 4 nitrogen and oxygen atoms in total. The number of carbonyl (C=O) groups excluding carboxylic acids is 2. The number of hydrogen-bond acceptors (Lipinski definition) is 3. The summed E-state index contributed by atoms with van der Waals surface area (Å²) >= 11 is 0. The van der Waals surface area contributed by atoms with Crippen LogP contribution in [0.15, 0.2) is 60.7 Å². The number of nitrogens with one attached hydrogen (secondary N) is 1. The van der Waals surface area contributed by atoms with Crippen molar-refractivity contribution in [2.75, 3.05) is 0 Å². The lowest BCUT2D eigenvalue weighted by molar-refractivity contribution is 0.0250. The van der Waals surface area contributed by atoms with Gasteiger partial charge in [0.1, 0.15) is 6.10 Å². The van der Waals surface area contributed by atoms with E-state index in [4.69, 9.17) is 4.74 Å². The largest absolute Gasteiger partial charge is 0.457 e. The summed E-state index contributed by atoms with van der Waals surface area (Å²) in [5, 5.41) is 2.99. The van der Waals surface area contributed by atoms with Crippen molar-refractivity contribution < 1.29 is 14.3 Å². The fourth-order valence-electron chi connectivity index (χ4n) is 2.85. The highest BCUT2D eigenvalue weighted by Gasteiger charge is 2.32. The van der Waals surface area contributed by atoms with Gasteiger partial charge in [0.25, 0.3) is 5.91 Å². The van der Waals surface area contributed by atoms with Gasteiger partial charge in [0, 0.05) is 5.56 Å². The van der Waals surface area contributed by atoms with E-state index in [1.165, 1.54) is 0 Å². The first-order valence-electron chi connectivity index (χ1n) is 7.86. The van der Waals surface area contributed by atoms with Crippen LogP contribution >= 0.6 is 0 Å². The Bertz CT molecular complexity index is 610. The predicted octanol–water partition coefficient (Wildman–Crippen LogP) is 3.19. The fraction of sp³-hybridized carbons (Fsp3) is 0.263. The van der Waals surface area contributed by atoms with Crippen LogP contribution in [0.1, 0.15) is 40.0 Å². The third-order valence-electron chi connectivity index (χ3n) is 4.07. The maximum absolute atomic E-state index is 12.3. The van der Waals surface area contributed by atoms with Gasteiger partial charge in [-0.1, -0.05) is 36.4 Å². The van der Waals surface area contributed by atoms with Crippen molar-refractivity contribution in [2.45, 2.75) is 31.4 Å². The van der Waals surface area contributed by atoms with Crippen molar-refractivity contribution in [1.29, 1.82) is 0 Å². The van der Waals surface area contributed by atoms with Crippen molar-refractivity contribution in [3.8, 4) is 0 Å². The lowest BCUT2D eigenvalue weighted by Gasteiger charge is -2.21. The second-order valence-corrected chi connectivity index (χ2v) is 5.69. The Kier molecular flexibility index (Phi) is 4.71. The molecule has 2 aromatic rings. The standard InChI is InChI=1S/C19H19NO3/c21-18(14-8-3-1-4-9-14)20-16-12-7-13-17(16)23-19(22)15-10-5-2-6-11-15/h1-6,8-11,16-17H,7,12-13H2,(H,20,21)/t16-,17+/m0/s1. The molecule has 2 atom stereocenters. The smallest absolute Gasteiger partial charge is 0.338 e. The molecule has 0 saturated heterocycles. The van der Waals surface area contributed by atoms with Crippen LogP contribution in [0.25, 0.3) is 0 Å². The van der Waals surface area contributed by atoms with E-state index in [9.17, 15) is 9.59 Å². The topological polar surface area (TPSA) is 55.4 Å². The fourth-order valence-corrected chi connectivity index (χ4v) is 2.85. The van der Waals surface area contributed by atoms with Gasteiger partial charge in [0.05, 0.1) is 11.6 Å². The van der Waals surface area contributed by atoms with Gasteiger partial charge in [-0.25, -0.2) is 4.79 Å². The molecule has 0 aliphatic heterocycles. The molecule has 1 aliphatic rings. The number of amides is 1. The summed E-state index contributed by atoms with van der Waals surface area (Å²) in [7, 11) is 0. The summed E-state index contributed by atoms with van der Waals surface area (Å²) in [5.74, 6) is -0.463. The number of rotatable bonds is 4. The van der Waals surface area contributed by atoms with Crippen LogP contribution in [-0.2, 0) is 4.74 Å². The van der Waals surface area contributed by atoms with E-state index in [0.29, 0.717) is 11.1 Å². The van der Waals surface area contributed by atoms with Gasteiger partial charge >= 0.3 is 5.97 Å². The Balaban J connectivity index is 1.62.